The maximum atomic E-state index is 6.11. The van der Waals surface area contributed by atoms with Gasteiger partial charge >= 0.3 is 0 Å². The van der Waals surface area contributed by atoms with Crippen LogP contribution in [0, 0.1) is 11.3 Å². The predicted molar refractivity (Wildman–Crippen MR) is 66.8 cm³/mol. The Balaban J connectivity index is 2.71. The Morgan fingerprint density at radius 3 is 2.27 bits per heavy atom. The third kappa shape index (κ3) is 2.73. The van der Waals surface area contributed by atoms with Crippen LogP contribution in [0.1, 0.15) is 48.0 Å². The zero-order valence-corrected chi connectivity index (χ0v) is 11.2. The molecule has 0 spiro atoms. The Morgan fingerprint density at radius 2 is 1.80 bits per heavy atom. The lowest BCUT2D eigenvalue weighted by Crippen LogP contribution is -2.57. The maximum Gasteiger partial charge on any atom is 0.0118 e. The van der Waals surface area contributed by atoms with Gasteiger partial charge in [-0.1, -0.05) is 27.7 Å². The van der Waals surface area contributed by atoms with Gasteiger partial charge in [0.15, 0.2) is 0 Å². The molecule has 0 radical (unpaired) electrons. The summed E-state index contributed by atoms with van der Waals surface area (Å²) < 4.78 is 0. The van der Waals surface area contributed by atoms with Crippen molar-refractivity contribution in [2.75, 3.05) is 6.54 Å². The highest BCUT2D eigenvalue weighted by Gasteiger charge is 2.36. The molecule has 0 saturated carbocycles. The van der Waals surface area contributed by atoms with Gasteiger partial charge in [-0.15, -0.1) is 0 Å². The van der Waals surface area contributed by atoms with Gasteiger partial charge in [0, 0.05) is 24.7 Å². The average Bonchev–Trinajstić information content (AvgIpc) is 2.12. The topological polar surface area (TPSA) is 29.3 Å². The normalized spacial score (nSPS) is 36.6. The first-order chi connectivity index (χ1) is 6.75. The predicted octanol–water partition coefficient (Wildman–Crippen LogP) is 2.48. The Labute approximate surface area is 95.2 Å². The standard InChI is InChI=1S/C13H28N2/c1-9-10(2)15(8-7-12(9)14)11(3)13(4,5)6/h9-12H,7-8,14H2,1-6H3. The van der Waals surface area contributed by atoms with Crippen LogP contribution in [0.25, 0.3) is 0 Å². The van der Waals surface area contributed by atoms with E-state index in [-0.39, 0.29) is 0 Å². The average molecular weight is 212 g/mol. The molecule has 0 aromatic heterocycles. The highest BCUT2D eigenvalue weighted by atomic mass is 15.2. The fourth-order valence-electron chi connectivity index (χ4n) is 2.47. The van der Waals surface area contributed by atoms with Gasteiger partial charge in [0.2, 0.25) is 0 Å². The van der Waals surface area contributed by atoms with Gasteiger partial charge in [0.05, 0.1) is 0 Å². The van der Waals surface area contributed by atoms with E-state index in [1.165, 1.54) is 0 Å². The van der Waals surface area contributed by atoms with Crippen molar-refractivity contribution in [2.45, 2.75) is 66.1 Å². The number of hydrogen-bond acceptors (Lipinski definition) is 2. The minimum atomic E-state index is 0.357. The highest BCUT2D eigenvalue weighted by molar-refractivity contribution is 4.91. The van der Waals surface area contributed by atoms with E-state index in [1.54, 1.807) is 0 Å². The van der Waals surface area contributed by atoms with Crippen LogP contribution in [0.5, 0.6) is 0 Å². The van der Waals surface area contributed by atoms with Crippen molar-refractivity contribution >= 4 is 0 Å². The van der Waals surface area contributed by atoms with Gasteiger partial charge in [-0.05, 0) is 31.6 Å². The summed E-state index contributed by atoms with van der Waals surface area (Å²) in [5.74, 6) is 0.614. The Morgan fingerprint density at radius 1 is 1.27 bits per heavy atom. The monoisotopic (exact) mass is 212 g/mol. The lowest BCUT2D eigenvalue weighted by Gasteiger charge is -2.48. The molecule has 1 aliphatic rings. The molecule has 0 aromatic carbocycles. The number of nitrogens with two attached hydrogens (primary N) is 1. The third-order valence-corrected chi connectivity index (χ3v) is 4.43. The minimum absolute atomic E-state index is 0.357. The quantitative estimate of drug-likeness (QED) is 0.723. The van der Waals surface area contributed by atoms with Crippen LogP contribution in [0.2, 0.25) is 0 Å². The summed E-state index contributed by atoms with van der Waals surface area (Å²) in [5.41, 5.74) is 6.47. The molecule has 2 N–H and O–H groups in total. The van der Waals surface area contributed by atoms with Crippen LogP contribution in [0.3, 0.4) is 0 Å². The number of likely N-dealkylation sites (tertiary alicyclic amines) is 1. The summed E-state index contributed by atoms with van der Waals surface area (Å²) >= 11 is 0. The van der Waals surface area contributed by atoms with Crippen molar-refractivity contribution in [3.05, 3.63) is 0 Å². The van der Waals surface area contributed by atoms with Crippen molar-refractivity contribution in [3.63, 3.8) is 0 Å². The lowest BCUT2D eigenvalue weighted by molar-refractivity contribution is 0.0179. The summed E-state index contributed by atoms with van der Waals surface area (Å²) in [6.07, 6.45) is 1.14. The van der Waals surface area contributed by atoms with Crippen LogP contribution in [0.15, 0.2) is 0 Å². The van der Waals surface area contributed by atoms with Gasteiger partial charge in [-0.3, -0.25) is 4.90 Å². The summed E-state index contributed by atoms with van der Waals surface area (Å²) in [5, 5.41) is 0. The van der Waals surface area contributed by atoms with Crippen molar-refractivity contribution in [3.8, 4) is 0 Å². The number of rotatable bonds is 1. The molecular weight excluding hydrogens is 184 g/mol. The molecule has 90 valence electrons. The van der Waals surface area contributed by atoms with Crippen LogP contribution in [-0.2, 0) is 0 Å². The van der Waals surface area contributed by atoms with Gasteiger partial charge in [0.1, 0.15) is 0 Å². The van der Waals surface area contributed by atoms with E-state index in [0.717, 1.165) is 13.0 Å². The molecule has 4 unspecified atom stereocenters. The van der Waals surface area contributed by atoms with E-state index in [1.807, 2.05) is 0 Å². The number of hydrogen-bond donors (Lipinski definition) is 1. The van der Waals surface area contributed by atoms with E-state index in [0.29, 0.717) is 29.5 Å². The molecule has 1 aliphatic heterocycles. The van der Waals surface area contributed by atoms with Gasteiger partial charge in [-0.2, -0.15) is 0 Å². The van der Waals surface area contributed by atoms with E-state index in [2.05, 4.69) is 46.4 Å². The number of nitrogens with zero attached hydrogens (tertiary/aromatic N) is 1. The van der Waals surface area contributed by atoms with E-state index < -0.39 is 0 Å². The SMILES string of the molecule is CC1C(N)CCN(C(C)C(C)(C)C)C1C. The van der Waals surface area contributed by atoms with Crippen LogP contribution in [-0.4, -0.2) is 29.6 Å². The Kier molecular flexibility index (Phi) is 3.83. The summed E-state index contributed by atoms with van der Waals surface area (Å²) in [6, 6.07) is 1.63. The van der Waals surface area contributed by atoms with Gasteiger partial charge in [-0.25, -0.2) is 0 Å². The summed E-state index contributed by atoms with van der Waals surface area (Å²) in [4.78, 5) is 2.63. The molecule has 1 saturated heterocycles. The van der Waals surface area contributed by atoms with Crippen molar-refractivity contribution in [1.82, 2.24) is 4.90 Å². The van der Waals surface area contributed by atoms with E-state index >= 15 is 0 Å². The molecule has 15 heavy (non-hydrogen) atoms. The molecule has 0 aliphatic carbocycles. The first-order valence-electron chi connectivity index (χ1n) is 6.26. The Hall–Kier alpha value is -0.0800. The second-order valence-corrected chi connectivity index (χ2v) is 6.33. The largest absolute Gasteiger partial charge is 0.327 e. The van der Waals surface area contributed by atoms with Crippen molar-refractivity contribution in [2.24, 2.45) is 17.1 Å². The second kappa shape index (κ2) is 4.42. The lowest BCUT2D eigenvalue weighted by atomic mass is 9.81. The van der Waals surface area contributed by atoms with Gasteiger partial charge < -0.3 is 5.73 Å². The van der Waals surface area contributed by atoms with E-state index in [4.69, 9.17) is 5.73 Å². The first kappa shape index (κ1) is 13.0. The minimum Gasteiger partial charge on any atom is -0.327 e. The summed E-state index contributed by atoms with van der Waals surface area (Å²) in [6.45, 7) is 15.1. The molecule has 0 bridgehead atoms. The molecule has 1 fully saturated rings. The summed E-state index contributed by atoms with van der Waals surface area (Å²) in [7, 11) is 0. The van der Waals surface area contributed by atoms with Crippen molar-refractivity contribution in [1.29, 1.82) is 0 Å². The van der Waals surface area contributed by atoms with Gasteiger partial charge in [0.25, 0.3) is 0 Å². The van der Waals surface area contributed by atoms with E-state index in [9.17, 15) is 0 Å². The molecular formula is C13H28N2. The first-order valence-corrected chi connectivity index (χ1v) is 6.26. The molecule has 1 heterocycles. The van der Waals surface area contributed by atoms with Crippen molar-refractivity contribution < 1.29 is 0 Å². The third-order valence-electron chi connectivity index (χ3n) is 4.43. The second-order valence-electron chi connectivity index (χ2n) is 6.33. The molecule has 1 rings (SSSR count). The van der Waals surface area contributed by atoms with Crippen LogP contribution in [0.4, 0.5) is 0 Å². The molecule has 0 aromatic rings. The zero-order valence-electron chi connectivity index (χ0n) is 11.2. The molecule has 0 amide bonds. The fourth-order valence-corrected chi connectivity index (χ4v) is 2.47. The molecule has 2 heteroatoms. The maximum absolute atomic E-state index is 6.11. The fraction of sp³-hybridized carbons (Fsp3) is 1.00. The molecule has 2 nitrogen and oxygen atoms in total. The Bertz CT molecular complexity index is 207. The zero-order chi connectivity index (χ0) is 11.8. The smallest absolute Gasteiger partial charge is 0.0118 e. The van der Waals surface area contributed by atoms with Crippen LogP contribution < -0.4 is 5.73 Å². The highest BCUT2D eigenvalue weighted by Crippen LogP contribution is 2.31. The molecule has 4 atom stereocenters. The number of piperidine rings is 1. The van der Waals surface area contributed by atoms with Crippen LogP contribution >= 0.6 is 0 Å².